The quantitative estimate of drug-likeness (QED) is 0.585. The summed E-state index contributed by atoms with van der Waals surface area (Å²) < 4.78 is 12.9. The number of nitrogens with zero attached hydrogens (tertiary/aromatic N) is 3. The summed E-state index contributed by atoms with van der Waals surface area (Å²) in [5.74, 6) is 1.94. The highest BCUT2D eigenvalue weighted by Crippen LogP contribution is 2.52. The lowest BCUT2D eigenvalue weighted by Crippen LogP contribution is -2.29. The van der Waals surface area contributed by atoms with Crippen molar-refractivity contribution in [2.45, 2.75) is 65.8 Å². The number of ketones is 1. The molecule has 1 fully saturated rings. The molecule has 8 heteroatoms. The van der Waals surface area contributed by atoms with Crippen molar-refractivity contribution in [3.8, 4) is 0 Å². The van der Waals surface area contributed by atoms with Crippen LogP contribution in [0.1, 0.15) is 64.4 Å². The van der Waals surface area contributed by atoms with Crippen molar-refractivity contribution >= 4 is 11.9 Å². The van der Waals surface area contributed by atoms with Crippen LogP contribution in [0.3, 0.4) is 0 Å². The molecule has 0 radical (unpaired) electrons. The first-order valence-electron chi connectivity index (χ1n) is 11.3. The summed E-state index contributed by atoms with van der Waals surface area (Å²) in [6.45, 7) is 9.68. The molecule has 30 heavy (non-hydrogen) atoms. The molecule has 3 unspecified atom stereocenters. The van der Waals surface area contributed by atoms with Crippen LogP contribution in [0.15, 0.2) is 0 Å². The van der Waals surface area contributed by atoms with E-state index in [0.717, 1.165) is 31.4 Å². The highest BCUT2D eigenvalue weighted by atomic mass is 16.5. The Labute approximate surface area is 179 Å². The summed E-state index contributed by atoms with van der Waals surface area (Å²) in [4.78, 5) is 23.4. The fraction of sp³-hybridized carbons (Fsp3) is 0.818. The average molecular weight is 421 g/mol. The van der Waals surface area contributed by atoms with Gasteiger partial charge in [-0.05, 0) is 57.3 Å². The molecule has 8 nitrogen and oxygen atoms in total. The Hall–Kier alpha value is -1.96. The van der Waals surface area contributed by atoms with Crippen molar-refractivity contribution < 1.29 is 19.1 Å². The summed E-state index contributed by atoms with van der Waals surface area (Å²) >= 11 is 0. The van der Waals surface area contributed by atoms with Crippen molar-refractivity contribution in [1.82, 2.24) is 20.3 Å². The number of rotatable bonds is 10. The van der Waals surface area contributed by atoms with E-state index in [2.05, 4.69) is 34.2 Å². The van der Waals surface area contributed by atoms with Crippen molar-refractivity contribution in [3.63, 3.8) is 0 Å². The predicted octanol–water partition coefficient (Wildman–Crippen LogP) is 2.96. The lowest BCUT2D eigenvalue weighted by molar-refractivity contribution is -0.122. The lowest BCUT2D eigenvalue weighted by Gasteiger charge is -2.12. The Kier molecular flexibility index (Phi) is 7.86. The second-order valence-corrected chi connectivity index (χ2v) is 9.10. The summed E-state index contributed by atoms with van der Waals surface area (Å²) in [5.41, 5.74) is 2.42. The van der Waals surface area contributed by atoms with Gasteiger partial charge in [0.1, 0.15) is 5.78 Å². The fourth-order valence-corrected chi connectivity index (χ4v) is 4.46. The SMILES string of the molecule is CC(C)C(=O)CCOCCNC(=O)OCC1C2CCc3nnn(C(C)C)c3CCC21. The van der Waals surface area contributed by atoms with Crippen LogP contribution >= 0.6 is 0 Å². The maximum absolute atomic E-state index is 11.9. The van der Waals surface area contributed by atoms with Crippen LogP contribution in [0.5, 0.6) is 0 Å². The summed E-state index contributed by atoms with van der Waals surface area (Å²) in [5, 5.41) is 11.4. The topological polar surface area (TPSA) is 95.3 Å². The number of hydrogen-bond acceptors (Lipinski definition) is 6. The van der Waals surface area contributed by atoms with Gasteiger partial charge in [-0.15, -0.1) is 5.10 Å². The third-order valence-corrected chi connectivity index (χ3v) is 6.36. The van der Waals surface area contributed by atoms with Crippen LogP contribution < -0.4 is 5.32 Å². The molecule has 0 saturated heterocycles. The Balaban J connectivity index is 1.30. The standard InChI is InChI=1S/C22H36N4O4/c1-14(2)21(27)9-11-29-12-10-23-22(28)30-13-18-16-5-7-19-20(8-6-17(16)18)26(15(3)4)25-24-19/h14-18H,5-13H2,1-4H3,(H,23,28). The van der Waals surface area contributed by atoms with E-state index in [1.54, 1.807) is 0 Å². The van der Waals surface area contributed by atoms with Crippen molar-refractivity contribution in [1.29, 1.82) is 0 Å². The second-order valence-electron chi connectivity index (χ2n) is 9.10. The molecule has 2 aliphatic carbocycles. The van der Waals surface area contributed by atoms with E-state index in [0.29, 0.717) is 56.6 Å². The first kappa shape index (κ1) is 22.7. The molecule has 3 atom stereocenters. The minimum Gasteiger partial charge on any atom is -0.449 e. The number of carbonyl (C=O) groups excluding carboxylic acids is 2. The molecule has 1 aromatic heterocycles. The molecule has 1 saturated carbocycles. The van der Waals surface area contributed by atoms with E-state index < -0.39 is 6.09 Å². The first-order valence-corrected chi connectivity index (χ1v) is 11.3. The molecular weight excluding hydrogens is 384 g/mol. The van der Waals surface area contributed by atoms with E-state index in [4.69, 9.17) is 9.47 Å². The Bertz CT molecular complexity index is 731. The number of nitrogens with one attached hydrogen (secondary N) is 1. The molecule has 168 valence electrons. The van der Waals surface area contributed by atoms with Crippen molar-refractivity contribution in [2.24, 2.45) is 23.7 Å². The third kappa shape index (κ3) is 5.80. The number of fused-ring (bicyclic) bond motifs is 2. The van der Waals surface area contributed by atoms with Gasteiger partial charge in [-0.3, -0.25) is 4.79 Å². The summed E-state index contributed by atoms with van der Waals surface area (Å²) in [7, 11) is 0. The van der Waals surface area contributed by atoms with Gasteiger partial charge in [0, 0.05) is 24.9 Å². The van der Waals surface area contributed by atoms with Gasteiger partial charge in [0.15, 0.2) is 0 Å². The number of amides is 1. The van der Waals surface area contributed by atoms with E-state index in [-0.39, 0.29) is 11.7 Å². The fourth-order valence-electron chi connectivity index (χ4n) is 4.46. The highest BCUT2D eigenvalue weighted by Gasteiger charge is 2.50. The van der Waals surface area contributed by atoms with Gasteiger partial charge in [0.2, 0.25) is 0 Å². The number of ether oxygens (including phenoxy) is 2. The number of alkyl carbamates (subject to hydrolysis) is 1. The lowest BCUT2D eigenvalue weighted by atomic mass is 10.0. The minimum atomic E-state index is -0.392. The van der Waals surface area contributed by atoms with Gasteiger partial charge in [-0.25, -0.2) is 9.48 Å². The third-order valence-electron chi connectivity index (χ3n) is 6.36. The van der Waals surface area contributed by atoms with E-state index in [1.165, 1.54) is 5.69 Å². The molecule has 3 rings (SSSR count). The van der Waals surface area contributed by atoms with Crippen LogP contribution in [0.4, 0.5) is 4.79 Å². The van der Waals surface area contributed by atoms with E-state index in [1.807, 2.05) is 13.8 Å². The van der Waals surface area contributed by atoms with Crippen molar-refractivity contribution in [3.05, 3.63) is 11.4 Å². The molecule has 0 spiro atoms. The zero-order valence-electron chi connectivity index (χ0n) is 18.7. The summed E-state index contributed by atoms with van der Waals surface area (Å²) in [6, 6.07) is 0.332. The van der Waals surface area contributed by atoms with Gasteiger partial charge < -0.3 is 14.8 Å². The Morgan fingerprint density at radius 1 is 1.13 bits per heavy atom. The number of aromatic nitrogens is 3. The molecule has 1 heterocycles. The maximum atomic E-state index is 11.9. The van der Waals surface area contributed by atoms with Gasteiger partial charge in [-0.2, -0.15) is 0 Å². The zero-order valence-corrected chi connectivity index (χ0v) is 18.7. The van der Waals surface area contributed by atoms with Crippen LogP contribution in [0.2, 0.25) is 0 Å². The largest absolute Gasteiger partial charge is 0.449 e. The van der Waals surface area contributed by atoms with Crippen molar-refractivity contribution in [2.75, 3.05) is 26.4 Å². The zero-order chi connectivity index (χ0) is 21.7. The molecule has 0 bridgehead atoms. The van der Waals surface area contributed by atoms with Gasteiger partial charge in [0.25, 0.3) is 0 Å². The van der Waals surface area contributed by atoms with Crippen LogP contribution in [-0.2, 0) is 27.1 Å². The van der Waals surface area contributed by atoms with E-state index in [9.17, 15) is 9.59 Å². The second kappa shape index (κ2) is 10.4. The van der Waals surface area contributed by atoms with Gasteiger partial charge >= 0.3 is 6.09 Å². The van der Waals surface area contributed by atoms with Crippen LogP contribution in [0.25, 0.3) is 0 Å². The van der Waals surface area contributed by atoms with Gasteiger partial charge in [0.05, 0.1) is 31.2 Å². The highest BCUT2D eigenvalue weighted by molar-refractivity contribution is 5.80. The monoisotopic (exact) mass is 420 g/mol. The maximum Gasteiger partial charge on any atom is 0.407 e. The Morgan fingerprint density at radius 3 is 2.57 bits per heavy atom. The van der Waals surface area contributed by atoms with E-state index >= 15 is 0 Å². The molecular formula is C22H36N4O4. The predicted molar refractivity (Wildman–Crippen MR) is 112 cm³/mol. The molecule has 1 aromatic rings. The number of Topliss-reactive ketones (excluding diaryl/α,β-unsaturated/α-hetero) is 1. The van der Waals surface area contributed by atoms with Crippen LogP contribution in [0, 0.1) is 23.7 Å². The number of carbonyl (C=O) groups is 2. The number of aryl methyl sites for hydroxylation is 1. The van der Waals surface area contributed by atoms with Gasteiger partial charge in [-0.1, -0.05) is 19.1 Å². The molecule has 0 aliphatic heterocycles. The van der Waals surface area contributed by atoms with Crippen LogP contribution in [-0.4, -0.2) is 53.2 Å². The Morgan fingerprint density at radius 2 is 1.87 bits per heavy atom. The number of hydrogen-bond donors (Lipinski definition) is 1. The molecule has 0 aromatic carbocycles. The molecule has 2 aliphatic rings. The minimum absolute atomic E-state index is 0.0387. The normalized spacial score (nSPS) is 22.8. The smallest absolute Gasteiger partial charge is 0.407 e. The average Bonchev–Trinajstić information content (AvgIpc) is 3.18. The molecule has 1 N–H and O–H groups in total. The molecule has 1 amide bonds. The first-order chi connectivity index (χ1) is 14.4. The summed E-state index contributed by atoms with van der Waals surface area (Å²) in [6.07, 6.45) is 4.19.